The van der Waals surface area contributed by atoms with Crippen molar-refractivity contribution in [2.24, 2.45) is 5.92 Å². The molecule has 1 aliphatic rings. The van der Waals surface area contributed by atoms with E-state index in [1.807, 2.05) is 0 Å². The molecule has 1 heterocycles. The van der Waals surface area contributed by atoms with Crippen LogP contribution in [0.4, 0.5) is 9.18 Å². The number of hydrogen-bond acceptors (Lipinski definition) is 2. The summed E-state index contributed by atoms with van der Waals surface area (Å²) in [6, 6.07) is 0. The van der Waals surface area contributed by atoms with Crippen molar-refractivity contribution in [2.75, 3.05) is 19.8 Å². The molecule has 1 amide bonds. The number of likely N-dealkylation sites (tertiary alicyclic amines) is 1. The van der Waals surface area contributed by atoms with E-state index in [0.29, 0.717) is 19.5 Å². The molecule has 1 fully saturated rings. The highest BCUT2D eigenvalue weighted by molar-refractivity contribution is 6.56. The predicted molar refractivity (Wildman–Crippen MR) is 42.8 cm³/mol. The molecular formula is C7H11BFNO2. The monoisotopic (exact) mass is 171 g/mol. The summed E-state index contributed by atoms with van der Waals surface area (Å²) >= 11 is 0. The molecule has 0 aliphatic carbocycles. The maximum atomic E-state index is 12.0. The lowest BCUT2D eigenvalue weighted by Crippen LogP contribution is -2.30. The smallest absolute Gasteiger partial charge is 0.200 e. The van der Waals surface area contributed by atoms with Crippen LogP contribution in [0.3, 0.4) is 0 Å². The molecule has 0 aromatic carbocycles. The standard InChI is InChI=1S/C7H11BFNO2/c8-7(12)10-2-1-5(4-10)6(11)3-9/h5-6,11H,1-4H2. The zero-order chi connectivity index (χ0) is 9.14. The topological polar surface area (TPSA) is 40.5 Å². The van der Waals surface area contributed by atoms with Crippen molar-refractivity contribution in [3.05, 3.63) is 0 Å². The SMILES string of the molecule is [B]C(=O)N1CCC(C(O)CF)C1. The van der Waals surface area contributed by atoms with E-state index in [1.165, 1.54) is 4.90 Å². The summed E-state index contributed by atoms with van der Waals surface area (Å²) < 4.78 is 12.0. The summed E-state index contributed by atoms with van der Waals surface area (Å²) in [5.41, 5.74) is 0. The van der Waals surface area contributed by atoms with Crippen molar-refractivity contribution in [1.29, 1.82) is 0 Å². The van der Waals surface area contributed by atoms with Crippen LogP contribution in [-0.4, -0.2) is 49.5 Å². The lowest BCUT2D eigenvalue weighted by Gasteiger charge is -2.16. The zero-order valence-corrected chi connectivity index (χ0v) is 6.74. The number of alkyl halides is 1. The second-order valence-corrected chi connectivity index (χ2v) is 3.05. The van der Waals surface area contributed by atoms with Crippen molar-refractivity contribution < 1.29 is 14.3 Å². The molecule has 5 heteroatoms. The average Bonchev–Trinajstić information content (AvgIpc) is 2.51. The van der Waals surface area contributed by atoms with Gasteiger partial charge in [-0.15, -0.1) is 0 Å². The van der Waals surface area contributed by atoms with Crippen LogP contribution in [0.25, 0.3) is 0 Å². The van der Waals surface area contributed by atoms with Gasteiger partial charge in [-0.25, -0.2) is 4.39 Å². The molecule has 0 spiro atoms. The first-order chi connectivity index (χ1) is 5.65. The van der Waals surface area contributed by atoms with E-state index in [-0.39, 0.29) is 5.92 Å². The summed E-state index contributed by atoms with van der Waals surface area (Å²) in [6.45, 7) is 0.148. The normalized spacial score (nSPS) is 25.8. The minimum absolute atomic E-state index is 0.150. The van der Waals surface area contributed by atoms with Crippen LogP contribution < -0.4 is 0 Å². The van der Waals surface area contributed by atoms with Crippen LogP contribution in [0, 0.1) is 5.92 Å². The third-order valence-electron chi connectivity index (χ3n) is 2.24. The zero-order valence-electron chi connectivity index (χ0n) is 6.74. The second-order valence-electron chi connectivity index (χ2n) is 3.05. The summed E-state index contributed by atoms with van der Waals surface area (Å²) in [5.74, 6) is -0.647. The lowest BCUT2D eigenvalue weighted by molar-refractivity contribution is 0.0855. The molecule has 3 nitrogen and oxygen atoms in total. The van der Waals surface area contributed by atoms with E-state index < -0.39 is 18.6 Å². The molecule has 1 rings (SSSR count). The molecule has 1 aliphatic heterocycles. The number of aliphatic hydroxyl groups is 1. The molecule has 0 bridgehead atoms. The van der Waals surface area contributed by atoms with Gasteiger partial charge in [-0.05, 0) is 6.42 Å². The van der Waals surface area contributed by atoms with E-state index in [0.717, 1.165) is 0 Å². The molecule has 0 saturated carbocycles. The van der Waals surface area contributed by atoms with Gasteiger partial charge in [0.25, 0.3) is 0 Å². The summed E-state index contributed by atoms with van der Waals surface area (Å²) in [4.78, 5) is 12.1. The van der Waals surface area contributed by atoms with E-state index >= 15 is 0 Å². The molecule has 2 unspecified atom stereocenters. The van der Waals surface area contributed by atoms with Gasteiger partial charge < -0.3 is 10.0 Å². The molecule has 66 valence electrons. The van der Waals surface area contributed by atoms with Crippen LogP contribution in [0.1, 0.15) is 6.42 Å². The number of hydrogen-bond donors (Lipinski definition) is 1. The Hall–Kier alpha value is -0.575. The van der Waals surface area contributed by atoms with Crippen molar-refractivity contribution in [2.45, 2.75) is 12.5 Å². The van der Waals surface area contributed by atoms with Gasteiger partial charge in [0.2, 0.25) is 7.85 Å². The second kappa shape index (κ2) is 3.89. The van der Waals surface area contributed by atoms with Gasteiger partial charge in [0.1, 0.15) is 6.67 Å². The molecule has 2 atom stereocenters. The Morgan fingerprint density at radius 2 is 2.50 bits per heavy atom. The molecule has 0 aromatic heterocycles. The minimum Gasteiger partial charge on any atom is -0.390 e. The Labute approximate surface area is 72.0 Å². The number of halogens is 1. The Balaban J connectivity index is 2.40. The molecule has 1 saturated heterocycles. The van der Waals surface area contributed by atoms with Gasteiger partial charge in [-0.2, -0.15) is 0 Å². The highest BCUT2D eigenvalue weighted by Crippen LogP contribution is 2.19. The highest BCUT2D eigenvalue weighted by atomic mass is 19.1. The predicted octanol–water partition coefficient (Wildman–Crippen LogP) is -0.0728. The summed E-state index contributed by atoms with van der Waals surface area (Å²) in [6.07, 6.45) is -0.317. The van der Waals surface area contributed by atoms with Gasteiger partial charge in [0.15, 0.2) is 5.81 Å². The first-order valence-electron chi connectivity index (χ1n) is 3.93. The van der Waals surface area contributed by atoms with E-state index in [9.17, 15) is 9.18 Å². The quantitative estimate of drug-likeness (QED) is 0.590. The third-order valence-corrected chi connectivity index (χ3v) is 2.24. The largest absolute Gasteiger partial charge is 0.390 e. The van der Waals surface area contributed by atoms with Crippen LogP contribution in [0.2, 0.25) is 0 Å². The maximum Gasteiger partial charge on any atom is 0.200 e. The van der Waals surface area contributed by atoms with Gasteiger partial charge in [0.05, 0.1) is 6.10 Å². The fraction of sp³-hybridized carbons (Fsp3) is 0.857. The van der Waals surface area contributed by atoms with Crippen LogP contribution in [0.15, 0.2) is 0 Å². The number of nitrogens with zero attached hydrogens (tertiary/aromatic N) is 1. The van der Waals surface area contributed by atoms with Gasteiger partial charge >= 0.3 is 0 Å². The molecule has 2 radical (unpaired) electrons. The Kier molecular flexibility index (Phi) is 3.09. The fourth-order valence-corrected chi connectivity index (χ4v) is 1.43. The van der Waals surface area contributed by atoms with Crippen molar-refractivity contribution >= 4 is 13.7 Å². The van der Waals surface area contributed by atoms with E-state index in [1.54, 1.807) is 0 Å². The summed E-state index contributed by atoms with van der Waals surface area (Å²) in [5, 5.41) is 9.10. The number of carbonyl (C=O) groups is 1. The van der Waals surface area contributed by atoms with Crippen LogP contribution >= 0.6 is 0 Å². The molecule has 0 aromatic rings. The first-order valence-corrected chi connectivity index (χ1v) is 3.93. The number of rotatable bonds is 2. The molecule has 1 N–H and O–H groups in total. The Bertz CT molecular complexity index is 179. The molecule has 12 heavy (non-hydrogen) atoms. The van der Waals surface area contributed by atoms with Gasteiger partial charge in [-0.3, -0.25) is 4.79 Å². The van der Waals surface area contributed by atoms with E-state index in [4.69, 9.17) is 13.0 Å². The molecular weight excluding hydrogens is 160 g/mol. The third kappa shape index (κ3) is 1.97. The van der Waals surface area contributed by atoms with Gasteiger partial charge in [-0.1, -0.05) is 0 Å². The Morgan fingerprint density at radius 1 is 1.83 bits per heavy atom. The number of carbonyl (C=O) groups excluding carboxylic acids is 1. The van der Waals surface area contributed by atoms with Crippen LogP contribution in [-0.2, 0) is 0 Å². The van der Waals surface area contributed by atoms with Crippen molar-refractivity contribution in [1.82, 2.24) is 4.90 Å². The van der Waals surface area contributed by atoms with Crippen LogP contribution in [0.5, 0.6) is 0 Å². The van der Waals surface area contributed by atoms with Crippen molar-refractivity contribution in [3.63, 3.8) is 0 Å². The Morgan fingerprint density at radius 3 is 2.92 bits per heavy atom. The van der Waals surface area contributed by atoms with Crippen molar-refractivity contribution in [3.8, 4) is 0 Å². The van der Waals surface area contributed by atoms with E-state index in [2.05, 4.69) is 0 Å². The first kappa shape index (κ1) is 9.51. The fourth-order valence-electron chi connectivity index (χ4n) is 1.43. The lowest BCUT2D eigenvalue weighted by atomic mass is 10.0. The highest BCUT2D eigenvalue weighted by Gasteiger charge is 2.28. The summed E-state index contributed by atoms with van der Waals surface area (Å²) in [7, 11) is 5.01. The number of amides is 1. The minimum atomic E-state index is -0.950. The number of aliphatic hydroxyl groups excluding tert-OH is 1. The maximum absolute atomic E-state index is 12.0. The van der Waals surface area contributed by atoms with Gasteiger partial charge in [0, 0.05) is 19.0 Å². The average molecular weight is 171 g/mol.